The molecule has 1 aromatic carbocycles. The maximum atomic E-state index is 6.81. The van der Waals surface area contributed by atoms with Crippen LogP contribution < -0.4 is 5.73 Å². The van der Waals surface area contributed by atoms with Crippen molar-refractivity contribution in [1.29, 1.82) is 0 Å². The Kier molecular flexibility index (Phi) is 4.42. The van der Waals surface area contributed by atoms with Crippen LogP contribution in [0, 0.1) is 0 Å². The van der Waals surface area contributed by atoms with Gasteiger partial charge >= 0.3 is 0 Å². The molecule has 1 saturated heterocycles. The van der Waals surface area contributed by atoms with Crippen molar-refractivity contribution in [3.05, 3.63) is 35.4 Å². The van der Waals surface area contributed by atoms with Crippen molar-refractivity contribution in [3.63, 3.8) is 0 Å². The Hall–Kier alpha value is -0.860. The number of fused-ring (bicyclic) bond motifs is 1. The molecule has 1 heterocycles. The van der Waals surface area contributed by atoms with Gasteiger partial charge in [-0.1, -0.05) is 30.7 Å². The van der Waals surface area contributed by atoms with Crippen molar-refractivity contribution in [2.45, 2.75) is 69.4 Å². The Balaban J connectivity index is 1.66. The minimum atomic E-state index is -0.105. The normalized spacial score (nSPS) is 29.9. The largest absolute Gasteiger partial charge is 0.378 e. The molecule has 3 rings (SSSR count). The highest BCUT2D eigenvalue weighted by molar-refractivity contribution is 5.34. The zero-order chi connectivity index (χ0) is 13.8. The van der Waals surface area contributed by atoms with E-state index in [1.54, 1.807) is 0 Å². The summed E-state index contributed by atoms with van der Waals surface area (Å²) in [7, 11) is 0. The Morgan fingerprint density at radius 2 is 2.10 bits per heavy atom. The van der Waals surface area contributed by atoms with Crippen LogP contribution in [0.2, 0.25) is 0 Å². The number of hydrogen-bond acceptors (Lipinski definition) is 2. The first-order valence-electron chi connectivity index (χ1n) is 8.27. The molecule has 0 aromatic heterocycles. The number of hydrogen-bond donors (Lipinski definition) is 1. The van der Waals surface area contributed by atoms with E-state index in [4.69, 9.17) is 10.5 Å². The minimum absolute atomic E-state index is 0.105. The first kappa shape index (κ1) is 14.1. The van der Waals surface area contributed by atoms with Crippen LogP contribution in [0.4, 0.5) is 0 Å². The maximum absolute atomic E-state index is 6.81. The van der Waals surface area contributed by atoms with Gasteiger partial charge in [0.15, 0.2) is 0 Å². The fourth-order valence-electron chi connectivity index (χ4n) is 3.89. The first-order valence-corrected chi connectivity index (χ1v) is 8.27. The predicted molar refractivity (Wildman–Crippen MR) is 82.7 cm³/mol. The first-order chi connectivity index (χ1) is 9.78. The van der Waals surface area contributed by atoms with Crippen molar-refractivity contribution in [1.82, 2.24) is 0 Å². The van der Waals surface area contributed by atoms with Gasteiger partial charge in [0.25, 0.3) is 0 Å². The molecule has 110 valence electrons. The van der Waals surface area contributed by atoms with Crippen LogP contribution in [-0.4, -0.2) is 12.7 Å². The molecule has 0 amide bonds. The van der Waals surface area contributed by atoms with Gasteiger partial charge in [-0.05, 0) is 62.5 Å². The van der Waals surface area contributed by atoms with Crippen LogP contribution in [0.25, 0.3) is 0 Å². The predicted octanol–water partition coefficient (Wildman–Crippen LogP) is 3.92. The summed E-state index contributed by atoms with van der Waals surface area (Å²) in [6.07, 6.45) is 11.3. The molecule has 2 N–H and O–H groups in total. The molecule has 1 aliphatic heterocycles. The smallest absolute Gasteiger partial charge is 0.0576 e. The number of aryl methyl sites for hydroxylation is 1. The molecule has 1 aliphatic carbocycles. The fraction of sp³-hybridized carbons (Fsp3) is 0.667. The summed E-state index contributed by atoms with van der Waals surface area (Å²) in [5.41, 5.74) is 9.59. The van der Waals surface area contributed by atoms with E-state index in [1.165, 1.54) is 56.1 Å². The molecule has 2 heteroatoms. The summed E-state index contributed by atoms with van der Waals surface area (Å²) in [5.74, 6) is 0. The van der Waals surface area contributed by atoms with Crippen molar-refractivity contribution in [2.75, 3.05) is 6.61 Å². The molecule has 2 nitrogen and oxygen atoms in total. The lowest BCUT2D eigenvalue weighted by molar-refractivity contribution is 0.0997. The number of nitrogens with two attached hydrogens (primary N) is 1. The Labute approximate surface area is 122 Å². The molecule has 1 aromatic rings. The van der Waals surface area contributed by atoms with Crippen molar-refractivity contribution >= 4 is 0 Å². The van der Waals surface area contributed by atoms with Gasteiger partial charge in [-0.2, -0.15) is 0 Å². The Morgan fingerprint density at radius 3 is 2.95 bits per heavy atom. The van der Waals surface area contributed by atoms with Gasteiger partial charge in [0.1, 0.15) is 0 Å². The summed E-state index contributed by atoms with van der Waals surface area (Å²) in [5, 5.41) is 0. The Morgan fingerprint density at radius 1 is 1.20 bits per heavy atom. The third-order valence-electron chi connectivity index (χ3n) is 5.05. The lowest BCUT2D eigenvalue weighted by Gasteiger charge is -2.31. The quantitative estimate of drug-likeness (QED) is 0.844. The van der Waals surface area contributed by atoms with Gasteiger partial charge < -0.3 is 10.5 Å². The van der Waals surface area contributed by atoms with Gasteiger partial charge in [-0.15, -0.1) is 0 Å². The van der Waals surface area contributed by atoms with Crippen LogP contribution in [0.3, 0.4) is 0 Å². The number of benzene rings is 1. The lowest BCUT2D eigenvalue weighted by atomic mass is 9.81. The van der Waals surface area contributed by atoms with Crippen LogP contribution in [-0.2, 0) is 16.7 Å². The summed E-state index contributed by atoms with van der Waals surface area (Å²) in [4.78, 5) is 0. The van der Waals surface area contributed by atoms with E-state index >= 15 is 0 Å². The molecule has 2 aliphatic rings. The summed E-state index contributed by atoms with van der Waals surface area (Å²) >= 11 is 0. The van der Waals surface area contributed by atoms with E-state index in [9.17, 15) is 0 Å². The average molecular weight is 273 g/mol. The van der Waals surface area contributed by atoms with E-state index < -0.39 is 0 Å². The fourth-order valence-corrected chi connectivity index (χ4v) is 3.89. The molecule has 2 unspecified atom stereocenters. The molecule has 2 atom stereocenters. The second kappa shape index (κ2) is 6.28. The third-order valence-corrected chi connectivity index (χ3v) is 5.05. The topological polar surface area (TPSA) is 35.2 Å². The van der Waals surface area contributed by atoms with Crippen molar-refractivity contribution in [3.8, 4) is 0 Å². The monoisotopic (exact) mass is 273 g/mol. The highest BCUT2D eigenvalue weighted by Crippen LogP contribution is 2.36. The highest BCUT2D eigenvalue weighted by atomic mass is 16.5. The van der Waals surface area contributed by atoms with Gasteiger partial charge in [-0.3, -0.25) is 0 Å². The van der Waals surface area contributed by atoms with E-state index in [2.05, 4.69) is 24.3 Å². The van der Waals surface area contributed by atoms with Gasteiger partial charge in [0.2, 0.25) is 0 Å². The molecular weight excluding hydrogens is 246 g/mol. The van der Waals surface area contributed by atoms with Crippen molar-refractivity contribution in [2.24, 2.45) is 5.73 Å². The second-order valence-corrected chi connectivity index (χ2v) is 6.55. The van der Waals surface area contributed by atoms with E-state index in [0.717, 1.165) is 19.4 Å². The molecule has 0 saturated carbocycles. The zero-order valence-electron chi connectivity index (χ0n) is 12.4. The number of rotatable bonds is 4. The molecule has 20 heavy (non-hydrogen) atoms. The van der Waals surface area contributed by atoms with Gasteiger partial charge in [-0.25, -0.2) is 0 Å². The van der Waals surface area contributed by atoms with Gasteiger partial charge in [0.05, 0.1) is 6.10 Å². The van der Waals surface area contributed by atoms with E-state index in [1.807, 2.05) is 0 Å². The summed E-state index contributed by atoms with van der Waals surface area (Å²) < 4.78 is 5.73. The van der Waals surface area contributed by atoms with Crippen LogP contribution in [0.1, 0.15) is 62.5 Å². The average Bonchev–Trinajstić information content (AvgIpc) is 2.91. The SMILES string of the molecule is NC1(CCCC2CCCO2)CCCCc2ccccc21. The standard InChI is InChI=1S/C18H27NO/c19-18(13-5-9-16-10-6-14-20-16)12-4-3-8-15-7-1-2-11-17(15)18/h1-2,7,11,16H,3-6,8-10,12-14,19H2. The van der Waals surface area contributed by atoms with Crippen LogP contribution in [0.5, 0.6) is 0 Å². The maximum Gasteiger partial charge on any atom is 0.0576 e. The molecule has 1 fully saturated rings. The zero-order valence-corrected chi connectivity index (χ0v) is 12.4. The summed E-state index contributed by atoms with van der Waals surface area (Å²) in [6.45, 7) is 0.960. The third kappa shape index (κ3) is 3.07. The molecule has 0 bridgehead atoms. The molecule has 0 radical (unpaired) electrons. The minimum Gasteiger partial charge on any atom is -0.378 e. The molecule has 0 spiro atoms. The van der Waals surface area contributed by atoms with Crippen LogP contribution >= 0.6 is 0 Å². The van der Waals surface area contributed by atoms with Gasteiger partial charge in [0, 0.05) is 12.1 Å². The van der Waals surface area contributed by atoms with E-state index in [0.29, 0.717) is 6.10 Å². The Bertz CT molecular complexity index is 439. The van der Waals surface area contributed by atoms with Crippen LogP contribution in [0.15, 0.2) is 24.3 Å². The number of ether oxygens (including phenoxy) is 1. The molecular formula is C18H27NO. The van der Waals surface area contributed by atoms with Crippen molar-refractivity contribution < 1.29 is 4.74 Å². The van der Waals surface area contributed by atoms with E-state index in [-0.39, 0.29) is 5.54 Å². The summed E-state index contributed by atoms with van der Waals surface area (Å²) in [6, 6.07) is 8.82. The lowest BCUT2D eigenvalue weighted by Crippen LogP contribution is -2.37. The second-order valence-electron chi connectivity index (χ2n) is 6.55. The highest BCUT2D eigenvalue weighted by Gasteiger charge is 2.30.